The van der Waals surface area contributed by atoms with Crippen LogP contribution in [0, 0.1) is 0 Å². The van der Waals surface area contributed by atoms with E-state index in [1.54, 1.807) is 11.3 Å². The predicted molar refractivity (Wildman–Crippen MR) is 80.8 cm³/mol. The number of nitrogens with one attached hydrogen (secondary N) is 1. The Balaban J connectivity index is 1.72. The van der Waals surface area contributed by atoms with Crippen LogP contribution in [0.2, 0.25) is 4.34 Å². The smallest absolute Gasteiger partial charge is 0.134 e. The molecule has 19 heavy (non-hydrogen) atoms. The lowest BCUT2D eigenvalue weighted by molar-refractivity contribution is 0.568. The van der Waals surface area contributed by atoms with Crippen molar-refractivity contribution < 1.29 is 4.42 Å². The van der Waals surface area contributed by atoms with Crippen molar-refractivity contribution >= 4 is 33.9 Å². The Kier molecular flexibility index (Phi) is 3.60. The Hall–Kier alpha value is -1.29. The summed E-state index contributed by atoms with van der Waals surface area (Å²) in [6.45, 7) is 2.93. The van der Waals surface area contributed by atoms with Crippen molar-refractivity contribution in [3.8, 4) is 0 Å². The van der Waals surface area contributed by atoms with Gasteiger partial charge in [0.2, 0.25) is 0 Å². The first-order chi connectivity index (χ1) is 9.24. The van der Waals surface area contributed by atoms with Crippen LogP contribution in [0.1, 0.15) is 23.4 Å². The molecule has 2 nitrogen and oxygen atoms in total. The molecule has 0 fully saturated rings. The first-order valence-electron chi connectivity index (χ1n) is 6.18. The van der Waals surface area contributed by atoms with Crippen molar-refractivity contribution in [3.05, 3.63) is 57.4 Å². The molecule has 1 atom stereocenters. The van der Waals surface area contributed by atoms with Crippen LogP contribution in [0.4, 0.5) is 0 Å². The Labute approximate surface area is 121 Å². The number of hydrogen-bond acceptors (Lipinski definition) is 3. The highest BCUT2D eigenvalue weighted by Gasteiger charge is 2.10. The van der Waals surface area contributed by atoms with Gasteiger partial charge < -0.3 is 9.73 Å². The molecule has 0 radical (unpaired) electrons. The van der Waals surface area contributed by atoms with Gasteiger partial charge in [0.05, 0.1) is 10.6 Å². The number of fused-ring (bicyclic) bond motifs is 1. The molecule has 1 N–H and O–H groups in total. The molecule has 2 aromatic heterocycles. The maximum Gasteiger partial charge on any atom is 0.134 e. The van der Waals surface area contributed by atoms with Gasteiger partial charge in [-0.3, -0.25) is 0 Å². The fourth-order valence-electron chi connectivity index (χ4n) is 2.09. The highest BCUT2D eigenvalue weighted by Crippen LogP contribution is 2.27. The minimum atomic E-state index is 0.283. The maximum atomic E-state index is 5.96. The average Bonchev–Trinajstić information content (AvgIpc) is 3.02. The molecule has 2 heterocycles. The van der Waals surface area contributed by atoms with E-state index in [4.69, 9.17) is 16.0 Å². The van der Waals surface area contributed by atoms with Crippen LogP contribution >= 0.6 is 22.9 Å². The highest BCUT2D eigenvalue weighted by atomic mass is 35.5. The molecule has 0 saturated heterocycles. The zero-order chi connectivity index (χ0) is 13.2. The van der Waals surface area contributed by atoms with Crippen LogP contribution in [-0.4, -0.2) is 0 Å². The second kappa shape index (κ2) is 5.37. The SMILES string of the molecule is CC(NCc1coc2ccccc12)c1ccc(Cl)s1. The molecule has 0 amide bonds. The topological polar surface area (TPSA) is 25.2 Å². The molecule has 3 aromatic rings. The van der Waals surface area contributed by atoms with E-state index in [1.165, 1.54) is 15.8 Å². The molecule has 1 aromatic carbocycles. The Bertz CT molecular complexity index is 688. The van der Waals surface area contributed by atoms with Gasteiger partial charge in [0.15, 0.2) is 0 Å². The summed E-state index contributed by atoms with van der Waals surface area (Å²) in [5.41, 5.74) is 2.12. The molecule has 0 aliphatic rings. The largest absolute Gasteiger partial charge is 0.464 e. The summed E-state index contributed by atoms with van der Waals surface area (Å²) < 4.78 is 6.36. The van der Waals surface area contributed by atoms with Gasteiger partial charge >= 0.3 is 0 Å². The summed E-state index contributed by atoms with van der Waals surface area (Å²) >= 11 is 7.57. The van der Waals surface area contributed by atoms with E-state index in [0.717, 1.165) is 16.5 Å². The first-order valence-corrected chi connectivity index (χ1v) is 7.37. The number of benzene rings is 1. The van der Waals surface area contributed by atoms with Crippen LogP contribution in [0.25, 0.3) is 11.0 Å². The van der Waals surface area contributed by atoms with Gasteiger partial charge in [0.25, 0.3) is 0 Å². The maximum absolute atomic E-state index is 5.96. The Morgan fingerprint density at radius 3 is 2.89 bits per heavy atom. The summed E-state index contributed by atoms with van der Waals surface area (Å²) in [4.78, 5) is 1.25. The number of para-hydroxylation sites is 1. The van der Waals surface area contributed by atoms with Gasteiger partial charge in [-0.15, -0.1) is 11.3 Å². The summed E-state index contributed by atoms with van der Waals surface area (Å²) in [7, 11) is 0. The van der Waals surface area contributed by atoms with Gasteiger partial charge in [0.1, 0.15) is 5.58 Å². The summed E-state index contributed by atoms with van der Waals surface area (Å²) in [5.74, 6) is 0. The third-order valence-electron chi connectivity index (χ3n) is 3.18. The molecule has 3 rings (SSSR count). The first kappa shape index (κ1) is 12.7. The number of halogens is 1. The van der Waals surface area contributed by atoms with E-state index < -0.39 is 0 Å². The third-order valence-corrected chi connectivity index (χ3v) is 4.59. The molecular formula is C15H14ClNOS. The fourth-order valence-corrected chi connectivity index (χ4v) is 3.18. The normalized spacial score (nSPS) is 12.9. The molecule has 98 valence electrons. The molecule has 1 unspecified atom stereocenters. The standard InChI is InChI=1S/C15H14ClNOS/c1-10(14-6-7-15(16)19-14)17-8-11-9-18-13-5-3-2-4-12(11)13/h2-7,9-10,17H,8H2,1H3. The highest BCUT2D eigenvalue weighted by molar-refractivity contribution is 7.16. The minimum Gasteiger partial charge on any atom is -0.464 e. The zero-order valence-electron chi connectivity index (χ0n) is 10.5. The van der Waals surface area contributed by atoms with Crippen LogP contribution in [0.3, 0.4) is 0 Å². The Morgan fingerprint density at radius 2 is 2.11 bits per heavy atom. The van der Waals surface area contributed by atoms with Gasteiger partial charge in [-0.25, -0.2) is 0 Å². The van der Waals surface area contributed by atoms with Gasteiger partial charge in [-0.05, 0) is 25.1 Å². The van der Waals surface area contributed by atoms with Crippen molar-refractivity contribution in [3.63, 3.8) is 0 Å². The van der Waals surface area contributed by atoms with E-state index in [2.05, 4.69) is 24.4 Å². The van der Waals surface area contributed by atoms with Crippen molar-refractivity contribution in [2.45, 2.75) is 19.5 Å². The second-order valence-electron chi connectivity index (χ2n) is 4.50. The minimum absolute atomic E-state index is 0.283. The number of thiophene rings is 1. The fraction of sp³-hybridized carbons (Fsp3) is 0.200. The molecular weight excluding hydrogens is 278 g/mol. The number of hydrogen-bond donors (Lipinski definition) is 1. The van der Waals surface area contributed by atoms with Gasteiger partial charge in [-0.2, -0.15) is 0 Å². The van der Waals surface area contributed by atoms with Gasteiger partial charge in [-0.1, -0.05) is 29.8 Å². The van der Waals surface area contributed by atoms with Crippen molar-refractivity contribution in [1.82, 2.24) is 5.32 Å². The van der Waals surface area contributed by atoms with E-state index in [0.29, 0.717) is 0 Å². The van der Waals surface area contributed by atoms with E-state index >= 15 is 0 Å². The summed E-state index contributed by atoms with van der Waals surface area (Å²) in [6, 6.07) is 12.4. The average molecular weight is 292 g/mol. The predicted octanol–water partition coefficient (Wildman–Crippen LogP) is 5.00. The van der Waals surface area contributed by atoms with Crippen molar-refractivity contribution in [2.24, 2.45) is 0 Å². The van der Waals surface area contributed by atoms with Crippen LogP contribution in [0.5, 0.6) is 0 Å². The lowest BCUT2D eigenvalue weighted by Crippen LogP contribution is -2.16. The Morgan fingerprint density at radius 1 is 1.26 bits per heavy atom. The van der Waals surface area contributed by atoms with Crippen LogP contribution in [-0.2, 0) is 6.54 Å². The van der Waals surface area contributed by atoms with Gasteiger partial charge in [0, 0.05) is 28.4 Å². The second-order valence-corrected chi connectivity index (χ2v) is 6.25. The number of furan rings is 1. The molecule has 4 heteroatoms. The van der Waals surface area contributed by atoms with Crippen molar-refractivity contribution in [2.75, 3.05) is 0 Å². The quantitative estimate of drug-likeness (QED) is 0.732. The summed E-state index contributed by atoms with van der Waals surface area (Å²) in [5, 5.41) is 4.67. The molecule has 0 aliphatic heterocycles. The van der Waals surface area contributed by atoms with E-state index in [1.807, 2.05) is 30.5 Å². The third kappa shape index (κ3) is 2.68. The van der Waals surface area contributed by atoms with Crippen molar-refractivity contribution in [1.29, 1.82) is 0 Å². The van der Waals surface area contributed by atoms with E-state index in [9.17, 15) is 0 Å². The van der Waals surface area contributed by atoms with Crippen LogP contribution < -0.4 is 5.32 Å². The number of rotatable bonds is 4. The molecule has 0 spiro atoms. The molecule has 0 bridgehead atoms. The summed E-state index contributed by atoms with van der Waals surface area (Å²) in [6.07, 6.45) is 1.83. The monoisotopic (exact) mass is 291 g/mol. The lowest BCUT2D eigenvalue weighted by atomic mass is 10.1. The lowest BCUT2D eigenvalue weighted by Gasteiger charge is -2.11. The molecule has 0 aliphatic carbocycles. The zero-order valence-corrected chi connectivity index (χ0v) is 12.1. The van der Waals surface area contributed by atoms with Crippen LogP contribution in [0.15, 0.2) is 47.1 Å². The molecule has 0 saturated carbocycles. The van der Waals surface area contributed by atoms with E-state index in [-0.39, 0.29) is 6.04 Å².